The molecule has 12 rings (SSSR count). The molecule has 0 aliphatic carbocycles. The molecule has 0 saturated carbocycles. The van der Waals surface area contributed by atoms with Gasteiger partial charge in [0.15, 0.2) is 15.4 Å². The molecule has 0 atom stereocenters. The average Bonchev–Trinajstić information content (AvgIpc) is 4.48. The minimum Gasteiger partial charge on any atom is -0.465 e. The molecule has 0 bridgehead atoms. The summed E-state index contributed by atoms with van der Waals surface area (Å²) in [6.45, 7) is 8.03. The van der Waals surface area contributed by atoms with Gasteiger partial charge in [0.1, 0.15) is 47.3 Å². The molecule has 0 fully saturated rings. The van der Waals surface area contributed by atoms with E-state index < -0.39 is 34.9 Å². The van der Waals surface area contributed by atoms with E-state index >= 15 is 0 Å². The highest BCUT2D eigenvalue weighted by atomic mass is 32.1. The lowest BCUT2D eigenvalue weighted by Gasteiger charge is -2.05. The van der Waals surface area contributed by atoms with Crippen molar-refractivity contribution in [1.29, 1.82) is 0 Å². The number of aromatic nitrogens is 12. The second kappa shape index (κ2) is 29.6. The van der Waals surface area contributed by atoms with Crippen LogP contribution in [-0.4, -0.2) is 59.1 Å². The van der Waals surface area contributed by atoms with E-state index in [2.05, 4.69) is 56.3 Å². The molecule has 0 aliphatic heterocycles. The topological polar surface area (TPSA) is 168 Å². The summed E-state index contributed by atoms with van der Waals surface area (Å²) in [6.07, 6.45) is 6.92. The largest absolute Gasteiger partial charge is 0.465 e. The van der Waals surface area contributed by atoms with Gasteiger partial charge in [-0.1, -0.05) is 89.2 Å². The maximum Gasteiger partial charge on any atom is 0.274 e. The van der Waals surface area contributed by atoms with Crippen LogP contribution in [0.25, 0.3) is 42.3 Å². The molecule has 3 N–H and O–H groups in total. The molecule has 0 spiro atoms. The van der Waals surface area contributed by atoms with Crippen molar-refractivity contribution in [3.8, 4) is 47.5 Å². The van der Waals surface area contributed by atoms with Crippen LogP contribution in [-0.2, 0) is 54.4 Å². The number of anilines is 3. The molecule has 16 nitrogen and oxygen atoms in total. The summed E-state index contributed by atoms with van der Waals surface area (Å²) in [5, 5.41) is 28.6. The molecular weight excluding hydrogens is 1220 g/mol. The molecule has 27 heteroatoms. The van der Waals surface area contributed by atoms with Crippen LogP contribution >= 0.6 is 45.3 Å². The quantitative estimate of drug-likeness (QED) is 0.0784. The second-order valence-corrected chi connectivity index (χ2v) is 23.4. The molecule has 0 aliphatic rings. The van der Waals surface area contributed by atoms with Crippen molar-refractivity contribution >= 4 is 60.7 Å². The Morgan fingerprint density at radius 2 is 0.693 bits per heavy atom. The zero-order chi connectivity index (χ0) is 61.9. The zero-order valence-electron chi connectivity index (χ0n) is 48.0. The predicted octanol–water partition coefficient (Wildman–Crippen LogP) is 15.4. The van der Waals surface area contributed by atoms with Gasteiger partial charge in [0, 0.05) is 83.1 Å². The summed E-state index contributed by atoms with van der Waals surface area (Å²) < 4.78 is 107. The molecular formula is C61H60F7N15OS4. The number of aryl methyl sites for hydroxylation is 8. The Hall–Kier alpha value is -9.05. The molecule has 458 valence electrons. The van der Waals surface area contributed by atoms with Crippen LogP contribution < -0.4 is 20.7 Å². The van der Waals surface area contributed by atoms with Gasteiger partial charge in [-0.3, -0.25) is 18.7 Å². The lowest BCUT2D eigenvalue weighted by Crippen LogP contribution is -2.04. The third-order valence-corrected chi connectivity index (χ3v) is 16.6. The van der Waals surface area contributed by atoms with E-state index in [-0.39, 0.29) is 49.6 Å². The lowest BCUT2D eigenvalue weighted by atomic mass is 10.2. The Bertz CT molecular complexity index is 3890. The molecule has 4 aromatic carbocycles. The van der Waals surface area contributed by atoms with Gasteiger partial charge in [-0.15, -0.1) is 0 Å². The first kappa shape index (κ1) is 64.9. The van der Waals surface area contributed by atoms with Crippen molar-refractivity contribution in [3.05, 3.63) is 214 Å². The van der Waals surface area contributed by atoms with Crippen molar-refractivity contribution < 1.29 is 35.5 Å². The summed E-state index contributed by atoms with van der Waals surface area (Å²) in [5.74, 6) is -3.71. The normalized spacial score (nSPS) is 10.8. The highest BCUT2D eigenvalue weighted by Crippen LogP contribution is 2.34. The van der Waals surface area contributed by atoms with Crippen molar-refractivity contribution in [3.63, 3.8) is 0 Å². The number of benzene rings is 4. The Labute approximate surface area is 519 Å². The molecule has 88 heavy (non-hydrogen) atoms. The summed E-state index contributed by atoms with van der Waals surface area (Å²) in [6, 6.07) is 26.0. The maximum atomic E-state index is 13.6. The second-order valence-electron chi connectivity index (χ2n) is 19.3. The van der Waals surface area contributed by atoms with Gasteiger partial charge < -0.3 is 20.7 Å². The monoisotopic (exact) mass is 1280 g/mol. The van der Waals surface area contributed by atoms with Crippen molar-refractivity contribution in [2.75, 3.05) is 16.0 Å². The zero-order valence-corrected chi connectivity index (χ0v) is 51.3. The summed E-state index contributed by atoms with van der Waals surface area (Å²) in [7, 11) is 7.49. The molecule has 0 amide bonds. The van der Waals surface area contributed by atoms with Crippen LogP contribution in [0, 0.1) is 68.4 Å². The van der Waals surface area contributed by atoms with E-state index in [1.54, 1.807) is 44.8 Å². The van der Waals surface area contributed by atoms with Gasteiger partial charge in [0.05, 0.1) is 76.8 Å². The number of nitrogens with zero attached hydrogens (tertiary/aromatic N) is 12. The Morgan fingerprint density at radius 1 is 0.386 bits per heavy atom. The van der Waals surface area contributed by atoms with Crippen molar-refractivity contribution in [2.24, 2.45) is 28.2 Å². The Balaban J connectivity index is 0.000000151. The molecule has 8 heterocycles. The lowest BCUT2D eigenvalue weighted by molar-refractivity contribution is 0.291. The number of hydrogen-bond donors (Lipinski definition) is 3. The van der Waals surface area contributed by atoms with Crippen LogP contribution in [0.3, 0.4) is 0 Å². The molecule has 0 unspecified atom stereocenters. The predicted molar refractivity (Wildman–Crippen MR) is 335 cm³/mol. The first-order chi connectivity index (χ1) is 41.8. The third-order valence-electron chi connectivity index (χ3n) is 12.8. The fourth-order valence-corrected chi connectivity index (χ4v) is 12.0. The summed E-state index contributed by atoms with van der Waals surface area (Å²) in [4.78, 5) is 20.7. The fraction of sp³-hybridized carbons (Fsp3) is 0.213. The molecule has 0 saturated heterocycles. The minimum atomic E-state index is -0.626. The van der Waals surface area contributed by atoms with Crippen LogP contribution in [0.4, 0.5) is 46.1 Å². The van der Waals surface area contributed by atoms with Gasteiger partial charge >= 0.3 is 0 Å². The van der Waals surface area contributed by atoms with Crippen LogP contribution in [0.1, 0.15) is 52.5 Å². The average molecular weight is 1280 g/mol. The standard InChI is InChI=1S/2C15H14F2N4S.C15H13F2N3OS.C15H15FN4S.CH4/c2*1-9-6-13(21(2)20-9)14-8-19-15(22-14)18-7-10-11(16)4-3-5-12(10)17;1-9-6-13(20(2)19-9)14-7-18-15(22-14)21-8-10-11(16)4-3-5-12(10)17;1-10-7-13(20(2)19-10)14-9-18-15(21-14)17-8-11-5-3-4-6-12(11)16;/h2*3-6,8H,7H2,1-2H3,(H,18,19);3-7H,8H2,1-2H3;3-7,9H,8H2,1-2H3,(H,17,18);1H4. The van der Waals surface area contributed by atoms with Crippen LogP contribution in [0.5, 0.6) is 5.19 Å². The smallest absolute Gasteiger partial charge is 0.274 e. The van der Waals surface area contributed by atoms with E-state index in [9.17, 15) is 30.7 Å². The SMILES string of the molecule is C.Cc1cc(-c2cnc(NCc3c(F)cccc3F)s2)n(C)n1.Cc1cc(-c2cnc(NCc3c(F)cccc3F)s2)n(C)n1.Cc1cc(-c2cnc(NCc3ccccc3F)s2)n(C)n1.Cc1cc(-c2cnc(OCc3c(F)cccc3F)s2)n(C)n1. The number of nitrogens with one attached hydrogen (secondary N) is 3. The molecule has 12 aromatic rings. The van der Waals surface area contributed by atoms with E-state index in [0.717, 1.165) is 70.2 Å². The number of ether oxygens (including phenoxy) is 1. The molecule has 0 radical (unpaired) electrons. The Kier molecular flexibility index (Phi) is 21.8. The first-order valence-corrected chi connectivity index (χ1v) is 29.8. The van der Waals surface area contributed by atoms with Gasteiger partial charge in [0.25, 0.3) is 5.19 Å². The maximum absolute atomic E-state index is 13.6. The number of rotatable bonds is 16. The van der Waals surface area contributed by atoms with E-state index in [0.29, 0.717) is 27.6 Å². The molecule has 8 aromatic heterocycles. The first-order valence-electron chi connectivity index (χ1n) is 26.5. The van der Waals surface area contributed by atoms with E-state index in [1.807, 2.05) is 97.1 Å². The van der Waals surface area contributed by atoms with Gasteiger partial charge in [-0.2, -0.15) is 20.4 Å². The minimum absolute atomic E-state index is 0. The van der Waals surface area contributed by atoms with Gasteiger partial charge in [-0.05, 0) is 94.4 Å². The van der Waals surface area contributed by atoms with E-state index in [1.165, 1.54) is 106 Å². The fourth-order valence-electron chi connectivity index (χ4n) is 8.58. The third kappa shape index (κ3) is 16.5. The van der Waals surface area contributed by atoms with Crippen molar-refractivity contribution in [2.45, 2.75) is 61.4 Å². The van der Waals surface area contributed by atoms with Crippen molar-refractivity contribution in [1.82, 2.24) is 59.1 Å². The van der Waals surface area contributed by atoms with Crippen LogP contribution in [0.2, 0.25) is 0 Å². The number of thiazole rings is 4. The van der Waals surface area contributed by atoms with Gasteiger partial charge in [0.2, 0.25) is 0 Å². The van der Waals surface area contributed by atoms with E-state index in [4.69, 9.17) is 4.74 Å². The number of hydrogen-bond acceptors (Lipinski definition) is 16. The highest BCUT2D eigenvalue weighted by Gasteiger charge is 2.17. The summed E-state index contributed by atoms with van der Waals surface area (Å²) >= 11 is 5.67. The Morgan fingerprint density at radius 3 is 1.03 bits per heavy atom. The number of halogens is 7. The van der Waals surface area contributed by atoms with Gasteiger partial charge in [-0.25, -0.2) is 50.7 Å². The highest BCUT2D eigenvalue weighted by molar-refractivity contribution is 7.19. The van der Waals surface area contributed by atoms with Crippen LogP contribution in [0.15, 0.2) is 128 Å². The summed E-state index contributed by atoms with van der Waals surface area (Å²) in [5.41, 5.74) is 8.14.